The lowest BCUT2D eigenvalue weighted by Crippen LogP contribution is -2.53. The molecule has 1 heterocycles. The molecule has 1 saturated carbocycles. The fourth-order valence-electron chi connectivity index (χ4n) is 3.26. The van der Waals surface area contributed by atoms with E-state index in [1.807, 2.05) is 0 Å². The van der Waals surface area contributed by atoms with E-state index in [9.17, 15) is 0 Å². The fraction of sp³-hybridized carbons (Fsp3) is 1.00. The van der Waals surface area contributed by atoms with Crippen LogP contribution in [0.15, 0.2) is 0 Å². The second-order valence-corrected chi connectivity index (χ2v) is 6.59. The van der Waals surface area contributed by atoms with Crippen molar-refractivity contribution in [2.75, 3.05) is 39.5 Å². The lowest BCUT2D eigenvalue weighted by Gasteiger charge is -2.40. The van der Waals surface area contributed by atoms with E-state index < -0.39 is 0 Å². The molecule has 1 aliphatic carbocycles. The third-order valence-corrected chi connectivity index (χ3v) is 4.44. The van der Waals surface area contributed by atoms with E-state index in [4.69, 9.17) is 9.47 Å². The van der Waals surface area contributed by atoms with Crippen LogP contribution in [-0.2, 0) is 9.47 Å². The van der Waals surface area contributed by atoms with Crippen LogP contribution in [0.1, 0.15) is 40.0 Å². The first-order valence-electron chi connectivity index (χ1n) is 8.35. The van der Waals surface area contributed by atoms with Gasteiger partial charge in [-0.1, -0.05) is 13.8 Å². The largest absolute Gasteiger partial charge is 0.379 e. The fourth-order valence-corrected chi connectivity index (χ4v) is 3.26. The molecule has 0 aromatic rings. The van der Waals surface area contributed by atoms with Gasteiger partial charge in [-0.05, 0) is 32.1 Å². The summed E-state index contributed by atoms with van der Waals surface area (Å²) in [4.78, 5) is 2.61. The number of hydrogen-bond donors (Lipinski definition) is 1. The summed E-state index contributed by atoms with van der Waals surface area (Å²) in [5, 5.41) is 3.75. The zero-order valence-electron chi connectivity index (χ0n) is 13.4. The van der Waals surface area contributed by atoms with Gasteiger partial charge in [0.15, 0.2) is 0 Å². The number of rotatable bonds is 8. The summed E-state index contributed by atoms with van der Waals surface area (Å²) >= 11 is 0. The number of ether oxygens (including phenoxy) is 2. The van der Waals surface area contributed by atoms with Gasteiger partial charge in [0.25, 0.3) is 0 Å². The molecule has 0 radical (unpaired) electrons. The molecule has 0 amide bonds. The summed E-state index contributed by atoms with van der Waals surface area (Å²) < 4.78 is 11.1. The number of nitrogens with zero attached hydrogens (tertiary/aromatic N) is 1. The van der Waals surface area contributed by atoms with E-state index in [0.29, 0.717) is 18.2 Å². The second kappa shape index (κ2) is 8.32. The molecule has 1 saturated heterocycles. The lowest BCUT2D eigenvalue weighted by molar-refractivity contribution is -0.0158. The van der Waals surface area contributed by atoms with Crippen LogP contribution in [0.5, 0.6) is 0 Å². The Kier molecular flexibility index (Phi) is 6.75. The Hall–Kier alpha value is -0.160. The Morgan fingerprint density at radius 1 is 1.25 bits per heavy atom. The third-order valence-electron chi connectivity index (χ3n) is 4.44. The van der Waals surface area contributed by atoms with Gasteiger partial charge in [-0.3, -0.25) is 4.90 Å². The average molecular weight is 284 g/mol. The SMILES string of the molecule is CCOC1CC(NCC(CC(C)C)N2CCOCC2)C1. The lowest BCUT2D eigenvalue weighted by atomic mass is 9.88. The molecule has 4 nitrogen and oxygen atoms in total. The van der Waals surface area contributed by atoms with E-state index in [-0.39, 0.29) is 0 Å². The van der Waals surface area contributed by atoms with Crippen molar-refractivity contribution in [2.45, 2.75) is 58.2 Å². The zero-order valence-corrected chi connectivity index (χ0v) is 13.4. The first-order valence-corrected chi connectivity index (χ1v) is 8.35. The van der Waals surface area contributed by atoms with Gasteiger partial charge in [-0.2, -0.15) is 0 Å². The van der Waals surface area contributed by atoms with Gasteiger partial charge in [0.2, 0.25) is 0 Å². The highest BCUT2D eigenvalue weighted by Crippen LogP contribution is 2.23. The van der Waals surface area contributed by atoms with E-state index in [1.54, 1.807) is 0 Å². The van der Waals surface area contributed by atoms with Crippen molar-refractivity contribution in [3.05, 3.63) is 0 Å². The Labute approximate surface area is 124 Å². The summed E-state index contributed by atoms with van der Waals surface area (Å²) in [5.74, 6) is 0.752. The molecule has 2 fully saturated rings. The monoisotopic (exact) mass is 284 g/mol. The van der Waals surface area contributed by atoms with Crippen LogP contribution in [-0.4, -0.2) is 62.5 Å². The average Bonchev–Trinajstić information content (AvgIpc) is 2.40. The number of morpholine rings is 1. The standard InChI is InChI=1S/C16H32N2O2/c1-4-20-16-10-14(11-16)17-12-15(9-13(2)3)18-5-7-19-8-6-18/h13-17H,4-12H2,1-3H3. The normalized spacial score (nSPS) is 29.4. The molecule has 2 rings (SSSR count). The first kappa shape index (κ1) is 16.2. The molecule has 1 N–H and O–H groups in total. The van der Waals surface area contributed by atoms with Gasteiger partial charge < -0.3 is 14.8 Å². The molecule has 1 aliphatic heterocycles. The summed E-state index contributed by atoms with van der Waals surface area (Å²) in [7, 11) is 0. The molecule has 0 aromatic carbocycles. The molecule has 1 atom stereocenters. The molecule has 0 aromatic heterocycles. The van der Waals surface area contributed by atoms with Gasteiger partial charge in [0, 0.05) is 38.3 Å². The van der Waals surface area contributed by atoms with Crippen LogP contribution in [0.25, 0.3) is 0 Å². The maximum atomic E-state index is 5.63. The minimum atomic E-state index is 0.504. The van der Waals surface area contributed by atoms with Gasteiger partial charge in [0.1, 0.15) is 0 Å². The molecule has 20 heavy (non-hydrogen) atoms. The molecule has 1 unspecified atom stereocenters. The number of nitrogens with one attached hydrogen (secondary N) is 1. The van der Waals surface area contributed by atoms with Gasteiger partial charge >= 0.3 is 0 Å². The van der Waals surface area contributed by atoms with Gasteiger partial charge in [-0.15, -0.1) is 0 Å². The predicted molar refractivity (Wildman–Crippen MR) is 82.1 cm³/mol. The van der Waals surface area contributed by atoms with Crippen molar-refractivity contribution in [1.29, 1.82) is 0 Å². The van der Waals surface area contributed by atoms with Crippen molar-refractivity contribution >= 4 is 0 Å². The molecule has 118 valence electrons. The maximum Gasteiger partial charge on any atom is 0.0604 e. The molecular weight excluding hydrogens is 252 g/mol. The quantitative estimate of drug-likeness (QED) is 0.738. The Morgan fingerprint density at radius 3 is 2.55 bits per heavy atom. The van der Waals surface area contributed by atoms with Crippen molar-refractivity contribution in [3.8, 4) is 0 Å². The first-order chi connectivity index (χ1) is 9.69. The summed E-state index contributed by atoms with van der Waals surface area (Å²) in [6, 6.07) is 1.33. The smallest absolute Gasteiger partial charge is 0.0604 e. The Bertz CT molecular complexity index is 261. The van der Waals surface area contributed by atoms with E-state index in [0.717, 1.165) is 45.4 Å². The minimum Gasteiger partial charge on any atom is -0.379 e. The summed E-state index contributed by atoms with van der Waals surface area (Å²) in [5.41, 5.74) is 0. The molecule has 0 bridgehead atoms. The highest BCUT2D eigenvalue weighted by atomic mass is 16.5. The highest BCUT2D eigenvalue weighted by Gasteiger charge is 2.30. The summed E-state index contributed by atoms with van der Waals surface area (Å²) in [6.45, 7) is 12.6. The van der Waals surface area contributed by atoms with Crippen LogP contribution in [0.3, 0.4) is 0 Å². The zero-order chi connectivity index (χ0) is 14.4. The van der Waals surface area contributed by atoms with E-state index in [2.05, 4.69) is 31.0 Å². The molecular formula is C16H32N2O2. The number of hydrogen-bond acceptors (Lipinski definition) is 4. The van der Waals surface area contributed by atoms with Crippen molar-refractivity contribution in [3.63, 3.8) is 0 Å². The van der Waals surface area contributed by atoms with E-state index in [1.165, 1.54) is 19.3 Å². The van der Waals surface area contributed by atoms with E-state index >= 15 is 0 Å². The molecule has 2 aliphatic rings. The predicted octanol–water partition coefficient (Wildman–Crippen LogP) is 1.89. The Balaban J connectivity index is 1.70. The second-order valence-electron chi connectivity index (χ2n) is 6.59. The summed E-state index contributed by atoms with van der Waals surface area (Å²) in [6.07, 6.45) is 4.15. The minimum absolute atomic E-state index is 0.504. The highest BCUT2D eigenvalue weighted by molar-refractivity contribution is 4.88. The van der Waals surface area contributed by atoms with Crippen LogP contribution in [0, 0.1) is 5.92 Å². The topological polar surface area (TPSA) is 33.7 Å². The van der Waals surface area contributed by atoms with Crippen molar-refractivity contribution in [1.82, 2.24) is 10.2 Å². The van der Waals surface area contributed by atoms with Crippen LogP contribution < -0.4 is 5.32 Å². The van der Waals surface area contributed by atoms with Crippen molar-refractivity contribution in [2.24, 2.45) is 5.92 Å². The van der Waals surface area contributed by atoms with Crippen molar-refractivity contribution < 1.29 is 9.47 Å². The van der Waals surface area contributed by atoms with Gasteiger partial charge in [-0.25, -0.2) is 0 Å². The van der Waals surface area contributed by atoms with Crippen LogP contribution >= 0.6 is 0 Å². The maximum absolute atomic E-state index is 5.63. The molecule has 4 heteroatoms. The van der Waals surface area contributed by atoms with Crippen LogP contribution in [0.2, 0.25) is 0 Å². The Morgan fingerprint density at radius 2 is 1.95 bits per heavy atom. The molecule has 0 spiro atoms. The van der Waals surface area contributed by atoms with Gasteiger partial charge in [0.05, 0.1) is 19.3 Å². The third kappa shape index (κ3) is 4.99. The van der Waals surface area contributed by atoms with Crippen LogP contribution in [0.4, 0.5) is 0 Å².